The maximum absolute atomic E-state index is 12.4. The number of anilines is 1. The lowest BCUT2D eigenvalue weighted by Gasteiger charge is -2.18. The summed E-state index contributed by atoms with van der Waals surface area (Å²) in [6.45, 7) is 5.55. The monoisotopic (exact) mass is 300 g/mol. The van der Waals surface area contributed by atoms with Gasteiger partial charge in [0.05, 0.1) is 17.6 Å². The summed E-state index contributed by atoms with van der Waals surface area (Å²) in [5, 5.41) is 0. The molecule has 0 aliphatic heterocycles. The van der Waals surface area contributed by atoms with Crippen LogP contribution in [0, 0.1) is 5.92 Å². The summed E-state index contributed by atoms with van der Waals surface area (Å²) in [4.78, 5) is 11.5. The Balaban J connectivity index is 3.30. The molecule has 1 rings (SSSR count). The zero-order valence-electron chi connectivity index (χ0n) is 12.0. The highest BCUT2D eigenvalue weighted by Crippen LogP contribution is 2.21. The standard InChI is InChI=1S/C13H20N2O4S/c1-8(2)9(3)15-20(17,18)12-7-10(14)5-6-11(12)13(16)19-4/h5-9,15H,14H2,1-4H3. The smallest absolute Gasteiger partial charge is 0.339 e. The van der Waals surface area contributed by atoms with Gasteiger partial charge in [-0.05, 0) is 31.0 Å². The van der Waals surface area contributed by atoms with Gasteiger partial charge >= 0.3 is 5.97 Å². The minimum absolute atomic E-state index is 0.0369. The van der Waals surface area contributed by atoms with E-state index in [-0.39, 0.29) is 28.1 Å². The molecule has 0 bridgehead atoms. The third-order valence-electron chi connectivity index (χ3n) is 3.04. The van der Waals surface area contributed by atoms with Crippen LogP contribution in [0.15, 0.2) is 23.1 Å². The Hall–Kier alpha value is -1.60. The van der Waals surface area contributed by atoms with Gasteiger partial charge in [-0.3, -0.25) is 0 Å². The highest BCUT2D eigenvalue weighted by molar-refractivity contribution is 7.89. The highest BCUT2D eigenvalue weighted by Gasteiger charge is 2.25. The Bertz CT molecular complexity index is 596. The molecule has 6 nitrogen and oxygen atoms in total. The Morgan fingerprint density at radius 3 is 2.40 bits per heavy atom. The van der Waals surface area contributed by atoms with Crippen LogP contribution in [0.4, 0.5) is 5.69 Å². The second-order valence-corrected chi connectivity index (χ2v) is 6.58. The number of hydrogen-bond acceptors (Lipinski definition) is 5. The third-order valence-corrected chi connectivity index (χ3v) is 4.64. The van der Waals surface area contributed by atoms with Gasteiger partial charge in [-0.15, -0.1) is 0 Å². The van der Waals surface area contributed by atoms with E-state index in [9.17, 15) is 13.2 Å². The number of rotatable bonds is 5. The van der Waals surface area contributed by atoms with Crippen LogP contribution >= 0.6 is 0 Å². The van der Waals surface area contributed by atoms with Gasteiger partial charge in [0.2, 0.25) is 10.0 Å². The largest absolute Gasteiger partial charge is 0.465 e. The van der Waals surface area contributed by atoms with Gasteiger partial charge in [-0.25, -0.2) is 17.9 Å². The summed E-state index contributed by atoms with van der Waals surface area (Å²) in [5.41, 5.74) is 5.83. The number of sulfonamides is 1. The van der Waals surface area contributed by atoms with Gasteiger partial charge < -0.3 is 10.5 Å². The van der Waals surface area contributed by atoms with Crippen molar-refractivity contribution >= 4 is 21.7 Å². The number of hydrogen-bond donors (Lipinski definition) is 2. The summed E-state index contributed by atoms with van der Waals surface area (Å²) in [6, 6.07) is 3.78. The summed E-state index contributed by atoms with van der Waals surface area (Å²) in [5.74, 6) is -0.602. The molecule has 0 saturated heterocycles. The van der Waals surface area contributed by atoms with Crippen LogP contribution in [0.1, 0.15) is 31.1 Å². The molecule has 112 valence electrons. The SMILES string of the molecule is COC(=O)c1ccc(N)cc1S(=O)(=O)NC(C)C(C)C. The quantitative estimate of drug-likeness (QED) is 0.632. The normalized spacial score (nSPS) is 13.2. The van der Waals surface area contributed by atoms with E-state index in [4.69, 9.17) is 5.73 Å². The van der Waals surface area contributed by atoms with Gasteiger partial charge in [0.15, 0.2) is 0 Å². The Kier molecular flexibility index (Phi) is 5.13. The van der Waals surface area contributed by atoms with Crippen molar-refractivity contribution in [3.8, 4) is 0 Å². The number of carbonyl (C=O) groups excluding carboxylic acids is 1. The summed E-state index contributed by atoms with van der Waals surface area (Å²) in [7, 11) is -2.65. The number of nitrogen functional groups attached to an aromatic ring is 1. The minimum atomic E-state index is -3.84. The maximum Gasteiger partial charge on any atom is 0.339 e. The number of nitrogens with one attached hydrogen (secondary N) is 1. The molecule has 0 aliphatic carbocycles. The lowest BCUT2D eigenvalue weighted by molar-refractivity contribution is 0.0596. The number of carbonyl (C=O) groups is 1. The first-order valence-corrected chi connectivity index (χ1v) is 7.67. The first-order valence-electron chi connectivity index (χ1n) is 6.19. The fraction of sp³-hybridized carbons (Fsp3) is 0.462. The summed E-state index contributed by atoms with van der Waals surface area (Å²) >= 11 is 0. The van der Waals surface area contributed by atoms with E-state index in [1.807, 2.05) is 13.8 Å². The van der Waals surface area contributed by atoms with E-state index in [2.05, 4.69) is 9.46 Å². The molecule has 0 heterocycles. The predicted molar refractivity (Wildman–Crippen MR) is 76.8 cm³/mol. The second kappa shape index (κ2) is 6.23. The lowest BCUT2D eigenvalue weighted by atomic mass is 10.1. The molecular weight excluding hydrogens is 280 g/mol. The molecule has 0 fully saturated rings. The molecule has 1 atom stereocenters. The van der Waals surface area contributed by atoms with Crippen LogP contribution in [0.5, 0.6) is 0 Å². The molecule has 0 saturated carbocycles. The maximum atomic E-state index is 12.4. The molecule has 1 aromatic carbocycles. The molecule has 0 radical (unpaired) electrons. The fourth-order valence-corrected chi connectivity index (χ4v) is 3.10. The highest BCUT2D eigenvalue weighted by atomic mass is 32.2. The van der Waals surface area contributed by atoms with E-state index < -0.39 is 16.0 Å². The van der Waals surface area contributed by atoms with Gasteiger partial charge in [0, 0.05) is 11.7 Å². The summed E-state index contributed by atoms with van der Waals surface area (Å²) < 4.78 is 31.9. The molecule has 3 N–H and O–H groups in total. The van der Waals surface area contributed by atoms with Crippen LogP contribution in [0.25, 0.3) is 0 Å². The van der Waals surface area contributed by atoms with Crippen molar-refractivity contribution in [2.45, 2.75) is 31.7 Å². The fourth-order valence-electron chi connectivity index (χ4n) is 1.48. The Morgan fingerprint density at radius 2 is 1.90 bits per heavy atom. The minimum Gasteiger partial charge on any atom is -0.465 e. The van der Waals surface area contributed by atoms with Gasteiger partial charge in [-0.1, -0.05) is 13.8 Å². The summed E-state index contributed by atoms with van der Waals surface area (Å²) in [6.07, 6.45) is 0. The van der Waals surface area contributed by atoms with E-state index in [0.717, 1.165) is 0 Å². The molecule has 1 unspecified atom stereocenters. The van der Waals surface area contributed by atoms with Gasteiger partial charge in [0.25, 0.3) is 0 Å². The van der Waals surface area contributed by atoms with Gasteiger partial charge in [-0.2, -0.15) is 0 Å². The lowest BCUT2D eigenvalue weighted by Crippen LogP contribution is -2.36. The van der Waals surface area contributed by atoms with E-state index in [1.54, 1.807) is 6.92 Å². The van der Waals surface area contributed by atoms with Crippen LogP contribution in [0.3, 0.4) is 0 Å². The van der Waals surface area contributed by atoms with Crippen molar-refractivity contribution in [3.05, 3.63) is 23.8 Å². The molecule has 0 spiro atoms. The topological polar surface area (TPSA) is 98.5 Å². The van der Waals surface area contributed by atoms with Crippen LogP contribution in [-0.2, 0) is 14.8 Å². The first-order chi connectivity index (χ1) is 9.19. The van der Waals surface area contributed by atoms with Crippen molar-refractivity contribution < 1.29 is 17.9 Å². The van der Waals surface area contributed by atoms with Gasteiger partial charge in [0.1, 0.15) is 0 Å². The van der Waals surface area contributed by atoms with Crippen LogP contribution in [0.2, 0.25) is 0 Å². The van der Waals surface area contributed by atoms with Crippen molar-refractivity contribution in [2.75, 3.05) is 12.8 Å². The van der Waals surface area contributed by atoms with E-state index in [0.29, 0.717) is 0 Å². The zero-order chi connectivity index (χ0) is 15.5. The number of nitrogens with two attached hydrogens (primary N) is 1. The van der Waals surface area contributed by atoms with Crippen LogP contribution < -0.4 is 10.5 Å². The molecule has 0 amide bonds. The Labute approximate surface area is 119 Å². The molecule has 1 aromatic rings. The van der Waals surface area contributed by atoms with Crippen molar-refractivity contribution in [1.82, 2.24) is 4.72 Å². The third kappa shape index (κ3) is 3.71. The van der Waals surface area contributed by atoms with Crippen molar-refractivity contribution in [1.29, 1.82) is 0 Å². The molecule has 0 aromatic heterocycles. The number of methoxy groups -OCH3 is 1. The average Bonchev–Trinajstić information content (AvgIpc) is 2.37. The van der Waals surface area contributed by atoms with Crippen molar-refractivity contribution in [3.63, 3.8) is 0 Å². The predicted octanol–water partition coefficient (Wildman–Crippen LogP) is 1.38. The molecule has 0 aliphatic rings. The Morgan fingerprint density at radius 1 is 1.30 bits per heavy atom. The number of esters is 1. The second-order valence-electron chi connectivity index (χ2n) is 4.90. The van der Waals surface area contributed by atoms with Crippen molar-refractivity contribution in [2.24, 2.45) is 5.92 Å². The van der Waals surface area contributed by atoms with Crippen LogP contribution in [-0.4, -0.2) is 27.5 Å². The molecule has 7 heteroatoms. The average molecular weight is 300 g/mol. The molecule has 20 heavy (non-hydrogen) atoms. The van der Waals surface area contributed by atoms with E-state index >= 15 is 0 Å². The first kappa shape index (κ1) is 16.5. The van der Waals surface area contributed by atoms with E-state index in [1.165, 1.54) is 25.3 Å². The zero-order valence-corrected chi connectivity index (χ0v) is 12.8. The number of ether oxygens (including phenoxy) is 1. The molecular formula is C13H20N2O4S. The number of benzene rings is 1.